The number of nitrogens with zero attached hydrogens (tertiary/aromatic N) is 1. The van der Waals surface area contributed by atoms with Gasteiger partial charge in [0.2, 0.25) is 0 Å². The molecular formula is C12H12FNO2S. The largest absolute Gasteiger partial charge is 0.466 e. The number of aromatic nitrogens is 1. The first-order valence-electron chi connectivity index (χ1n) is 5.34. The van der Waals surface area contributed by atoms with Crippen LogP contribution in [0.3, 0.4) is 0 Å². The van der Waals surface area contributed by atoms with E-state index in [1.54, 1.807) is 6.07 Å². The average molecular weight is 253 g/mol. The normalized spacial score (nSPS) is 10.7. The van der Waals surface area contributed by atoms with Gasteiger partial charge in [-0.1, -0.05) is 0 Å². The van der Waals surface area contributed by atoms with Gasteiger partial charge in [-0.25, -0.2) is 4.39 Å². The fourth-order valence-electron chi connectivity index (χ4n) is 1.60. The van der Waals surface area contributed by atoms with Crippen LogP contribution in [0.1, 0.15) is 19.0 Å². The Kier molecular flexibility index (Phi) is 3.68. The number of fused-ring (bicyclic) bond motifs is 1. The van der Waals surface area contributed by atoms with E-state index in [2.05, 4.69) is 4.37 Å². The maximum absolute atomic E-state index is 13.0. The highest BCUT2D eigenvalue weighted by Crippen LogP contribution is 2.24. The summed E-state index contributed by atoms with van der Waals surface area (Å²) < 4.78 is 23.0. The van der Waals surface area contributed by atoms with Gasteiger partial charge in [-0.05, 0) is 42.6 Å². The predicted molar refractivity (Wildman–Crippen MR) is 64.5 cm³/mol. The van der Waals surface area contributed by atoms with Crippen molar-refractivity contribution in [2.75, 3.05) is 6.61 Å². The summed E-state index contributed by atoms with van der Waals surface area (Å²) in [7, 11) is 0. The summed E-state index contributed by atoms with van der Waals surface area (Å²) in [5.74, 6) is -0.511. The summed E-state index contributed by atoms with van der Waals surface area (Å²) >= 11 is 1.29. The second-order valence-electron chi connectivity index (χ2n) is 3.71. The molecule has 0 atom stereocenters. The maximum Gasteiger partial charge on any atom is 0.302 e. The highest BCUT2D eigenvalue weighted by atomic mass is 32.1. The van der Waals surface area contributed by atoms with Gasteiger partial charge < -0.3 is 4.74 Å². The van der Waals surface area contributed by atoms with Crippen LogP contribution < -0.4 is 0 Å². The zero-order chi connectivity index (χ0) is 12.3. The van der Waals surface area contributed by atoms with Crippen LogP contribution in [-0.4, -0.2) is 16.9 Å². The van der Waals surface area contributed by atoms with Gasteiger partial charge >= 0.3 is 5.97 Å². The second-order valence-corrected chi connectivity index (χ2v) is 4.52. The molecule has 0 fully saturated rings. The van der Waals surface area contributed by atoms with E-state index in [-0.39, 0.29) is 11.8 Å². The second kappa shape index (κ2) is 5.23. The Morgan fingerprint density at radius 1 is 1.53 bits per heavy atom. The number of ether oxygens (including phenoxy) is 1. The lowest BCUT2D eigenvalue weighted by atomic mass is 10.1. The molecule has 0 amide bonds. The van der Waals surface area contributed by atoms with Crippen molar-refractivity contribution in [3.63, 3.8) is 0 Å². The molecule has 2 rings (SSSR count). The molecule has 0 saturated carbocycles. The fraction of sp³-hybridized carbons (Fsp3) is 0.333. The first-order chi connectivity index (χ1) is 8.16. The minimum Gasteiger partial charge on any atom is -0.466 e. The third kappa shape index (κ3) is 3.00. The van der Waals surface area contributed by atoms with Crippen molar-refractivity contribution in [2.45, 2.75) is 19.8 Å². The molecule has 0 N–H and O–H groups in total. The summed E-state index contributed by atoms with van der Waals surface area (Å²) in [6, 6.07) is 4.67. The topological polar surface area (TPSA) is 39.2 Å². The summed E-state index contributed by atoms with van der Waals surface area (Å²) in [5, 5.41) is 0.985. The standard InChI is InChI=1S/C12H12FNO2S/c1-8(15)16-6-2-3-11-10-5-4-9(13)7-12(10)17-14-11/h4-5,7H,2-3,6H2,1H3. The molecule has 0 spiro atoms. The molecule has 2 aromatic rings. The van der Waals surface area contributed by atoms with Crippen molar-refractivity contribution in [2.24, 2.45) is 0 Å². The number of benzene rings is 1. The van der Waals surface area contributed by atoms with Crippen molar-refractivity contribution in [3.05, 3.63) is 29.7 Å². The van der Waals surface area contributed by atoms with E-state index < -0.39 is 0 Å². The van der Waals surface area contributed by atoms with Gasteiger partial charge in [0.25, 0.3) is 0 Å². The number of rotatable bonds is 4. The number of halogens is 1. The Morgan fingerprint density at radius 3 is 3.12 bits per heavy atom. The SMILES string of the molecule is CC(=O)OCCCc1nsc2cc(F)ccc12. The average Bonchev–Trinajstić information content (AvgIpc) is 2.66. The molecule has 0 bridgehead atoms. The smallest absolute Gasteiger partial charge is 0.302 e. The van der Waals surface area contributed by atoms with E-state index in [0.29, 0.717) is 6.61 Å². The number of esters is 1. The number of aryl methyl sites for hydroxylation is 1. The zero-order valence-electron chi connectivity index (χ0n) is 9.40. The van der Waals surface area contributed by atoms with E-state index in [0.717, 1.165) is 28.6 Å². The number of hydrogen-bond donors (Lipinski definition) is 0. The molecule has 3 nitrogen and oxygen atoms in total. The van der Waals surface area contributed by atoms with Gasteiger partial charge in [-0.2, -0.15) is 4.37 Å². The lowest BCUT2D eigenvalue weighted by molar-refractivity contribution is -0.141. The van der Waals surface area contributed by atoms with Crippen LogP contribution in [0, 0.1) is 5.82 Å². The van der Waals surface area contributed by atoms with E-state index in [1.807, 2.05) is 0 Å². The summed E-state index contributed by atoms with van der Waals surface area (Å²) in [6.45, 7) is 1.79. The van der Waals surface area contributed by atoms with Crippen LogP contribution in [0.5, 0.6) is 0 Å². The molecular weight excluding hydrogens is 241 g/mol. The third-order valence-electron chi connectivity index (χ3n) is 2.37. The van der Waals surface area contributed by atoms with Crippen LogP contribution in [0.25, 0.3) is 10.1 Å². The van der Waals surface area contributed by atoms with Gasteiger partial charge in [-0.15, -0.1) is 0 Å². The lowest BCUT2D eigenvalue weighted by Gasteiger charge is -2.00. The van der Waals surface area contributed by atoms with E-state index in [9.17, 15) is 9.18 Å². The van der Waals surface area contributed by atoms with Crippen molar-refractivity contribution in [3.8, 4) is 0 Å². The molecule has 0 aliphatic rings. The molecule has 1 heterocycles. The first-order valence-corrected chi connectivity index (χ1v) is 6.11. The van der Waals surface area contributed by atoms with Crippen molar-refractivity contribution >= 4 is 27.6 Å². The summed E-state index contributed by atoms with van der Waals surface area (Å²) in [6.07, 6.45) is 1.47. The zero-order valence-corrected chi connectivity index (χ0v) is 10.2. The molecule has 0 unspecified atom stereocenters. The van der Waals surface area contributed by atoms with Gasteiger partial charge in [0.1, 0.15) is 5.82 Å². The Bertz CT molecular complexity index is 538. The Balaban J connectivity index is 2.01. The molecule has 0 aliphatic carbocycles. The summed E-state index contributed by atoms with van der Waals surface area (Å²) in [4.78, 5) is 10.6. The number of carbonyl (C=O) groups excluding carboxylic acids is 1. The quantitative estimate of drug-likeness (QED) is 0.621. The number of carbonyl (C=O) groups is 1. The molecule has 5 heteroatoms. The monoisotopic (exact) mass is 253 g/mol. The molecule has 1 aromatic carbocycles. The fourth-order valence-corrected chi connectivity index (χ4v) is 2.45. The molecule has 90 valence electrons. The Morgan fingerprint density at radius 2 is 2.35 bits per heavy atom. The minimum atomic E-state index is -0.268. The predicted octanol–water partition coefficient (Wildman–Crippen LogP) is 2.93. The van der Waals surface area contributed by atoms with Gasteiger partial charge in [-0.3, -0.25) is 4.79 Å². The first kappa shape index (κ1) is 12.0. The lowest BCUT2D eigenvalue weighted by Crippen LogP contribution is -2.01. The molecule has 0 aliphatic heterocycles. The highest BCUT2D eigenvalue weighted by Gasteiger charge is 2.06. The van der Waals surface area contributed by atoms with E-state index >= 15 is 0 Å². The molecule has 17 heavy (non-hydrogen) atoms. The van der Waals surface area contributed by atoms with Crippen molar-refractivity contribution < 1.29 is 13.9 Å². The van der Waals surface area contributed by atoms with Gasteiger partial charge in [0.05, 0.1) is 17.0 Å². The molecule has 0 saturated heterocycles. The van der Waals surface area contributed by atoms with Crippen LogP contribution in [0.15, 0.2) is 18.2 Å². The third-order valence-corrected chi connectivity index (χ3v) is 3.22. The highest BCUT2D eigenvalue weighted by molar-refractivity contribution is 7.13. The molecule has 0 radical (unpaired) electrons. The van der Waals surface area contributed by atoms with E-state index in [4.69, 9.17) is 4.74 Å². The van der Waals surface area contributed by atoms with Crippen molar-refractivity contribution in [1.29, 1.82) is 0 Å². The Labute approximate surface area is 102 Å². The summed E-state index contributed by atoms with van der Waals surface area (Å²) in [5.41, 5.74) is 0.942. The Hall–Kier alpha value is -1.49. The number of hydrogen-bond acceptors (Lipinski definition) is 4. The van der Waals surface area contributed by atoms with Crippen LogP contribution in [0.2, 0.25) is 0 Å². The van der Waals surface area contributed by atoms with Crippen LogP contribution >= 0.6 is 11.5 Å². The maximum atomic E-state index is 13.0. The van der Waals surface area contributed by atoms with Crippen LogP contribution in [-0.2, 0) is 16.0 Å². The van der Waals surface area contributed by atoms with Crippen molar-refractivity contribution in [1.82, 2.24) is 4.37 Å². The van der Waals surface area contributed by atoms with Gasteiger partial charge in [0, 0.05) is 12.3 Å². The molecule has 1 aromatic heterocycles. The minimum absolute atomic E-state index is 0.243. The van der Waals surface area contributed by atoms with Gasteiger partial charge in [0.15, 0.2) is 0 Å². The van der Waals surface area contributed by atoms with Crippen LogP contribution in [0.4, 0.5) is 4.39 Å². The van der Waals surface area contributed by atoms with E-state index in [1.165, 1.54) is 30.6 Å².